The standard InChI is InChI=1S/C3H5N2S/c1-6-3-2-4-5-6/h2-3,6H,1H2. The Labute approximate surface area is 39.4 Å². The highest BCUT2D eigenvalue weighted by Crippen LogP contribution is 2.29. The van der Waals surface area contributed by atoms with Crippen molar-refractivity contribution < 1.29 is 0 Å². The molecule has 1 rings (SSSR count). The first-order chi connectivity index (χ1) is 2.89. The summed E-state index contributed by atoms with van der Waals surface area (Å²) in [6.07, 6.45) is 5.33. The van der Waals surface area contributed by atoms with Crippen molar-refractivity contribution in [3.05, 3.63) is 17.9 Å². The Hall–Kier alpha value is -0.310. The predicted octanol–water partition coefficient (Wildman–Crippen LogP) is 1.63. The first-order valence-corrected chi connectivity index (χ1v) is 3.11. The van der Waals surface area contributed by atoms with Gasteiger partial charge in [0.1, 0.15) is 0 Å². The van der Waals surface area contributed by atoms with Crippen LogP contribution in [0.1, 0.15) is 0 Å². The van der Waals surface area contributed by atoms with E-state index in [1.807, 2.05) is 5.41 Å². The fourth-order valence-electron chi connectivity index (χ4n) is 0.233. The van der Waals surface area contributed by atoms with Crippen LogP contribution in [0.5, 0.6) is 0 Å². The van der Waals surface area contributed by atoms with Crippen molar-refractivity contribution >= 4 is 11.1 Å². The summed E-state index contributed by atoms with van der Waals surface area (Å²) in [5.41, 5.74) is 0. The summed E-state index contributed by atoms with van der Waals surface area (Å²) in [5, 5.41) is 5.47. The highest BCUT2D eigenvalue weighted by molar-refractivity contribution is 8.19. The van der Waals surface area contributed by atoms with Gasteiger partial charge >= 0.3 is 0 Å². The largest absolute Gasteiger partial charge is 0.153 e. The SMILES string of the molecule is [CH2][SH]1C=CN=N1. The summed E-state index contributed by atoms with van der Waals surface area (Å²) in [7, 11) is 0. The Morgan fingerprint density at radius 3 is 2.67 bits per heavy atom. The third-order valence-corrected chi connectivity index (χ3v) is 1.28. The third kappa shape index (κ3) is 0.597. The highest BCUT2D eigenvalue weighted by atomic mass is 32.2. The smallest absolute Gasteiger partial charge is 0.0564 e. The van der Waals surface area contributed by atoms with E-state index in [4.69, 9.17) is 0 Å². The van der Waals surface area contributed by atoms with Crippen molar-refractivity contribution in [2.24, 2.45) is 9.63 Å². The molecule has 1 heterocycles. The molecule has 0 aromatic heterocycles. The van der Waals surface area contributed by atoms with Crippen LogP contribution in [-0.2, 0) is 0 Å². The van der Waals surface area contributed by atoms with Gasteiger partial charge in [0, 0.05) is 6.26 Å². The molecule has 0 spiro atoms. The summed E-state index contributed by atoms with van der Waals surface area (Å²) >= 11 is -0.437. The van der Waals surface area contributed by atoms with Crippen LogP contribution in [0.4, 0.5) is 0 Å². The highest BCUT2D eigenvalue weighted by Gasteiger charge is 1.87. The number of nitrogens with zero attached hydrogens (tertiary/aromatic N) is 2. The molecule has 2 nitrogen and oxygen atoms in total. The maximum Gasteiger partial charge on any atom is 0.0564 e. The van der Waals surface area contributed by atoms with Gasteiger partial charge in [0.2, 0.25) is 0 Å². The molecule has 0 saturated heterocycles. The number of rotatable bonds is 0. The molecule has 1 unspecified atom stereocenters. The Balaban J connectivity index is 2.60. The number of hydrogen-bond donors (Lipinski definition) is 1. The van der Waals surface area contributed by atoms with Crippen LogP contribution >= 0.6 is 11.1 Å². The first-order valence-electron chi connectivity index (χ1n) is 1.57. The molecule has 1 atom stereocenters. The fourth-order valence-corrected chi connectivity index (χ4v) is 0.698. The van der Waals surface area contributed by atoms with E-state index in [9.17, 15) is 0 Å². The van der Waals surface area contributed by atoms with E-state index in [1.165, 1.54) is 0 Å². The summed E-state index contributed by atoms with van der Waals surface area (Å²) in [5.74, 6) is 0. The molecule has 0 aromatic carbocycles. The van der Waals surface area contributed by atoms with E-state index in [1.54, 1.807) is 6.20 Å². The molecule has 0 fully saturated rings. The number of thiol groups is 1. The van der Waals surface area contributed by atoms with E-state index >= 15 is 0 Å². The monoisotopic (exact) mass is 101 g/mol. The zero-order valence-corrected chi connectivity index (χ0v) is 4.10. The van der Waals surface area contributed by atoms with Gasteiger partial charge < -0.3 is 0 Å². The minimum absolute atomic E-state index is 0.437. The van der Waals surface area contributed by atoms with E-state index < -0.39 is 11.1 Å². The molecule has 0 aromatic rings. The molecule has 6 heavy (non-hydrogen) atoms. The average Bonchev–Trinajstić information content (AvgIpc) is 1.86. The lowest BCUT2D eigenvalue weighted by Gasteiger charge is -1.88. The zero-order valence-electron chi connectivity index (χ0n) is 3.20. The Bertz CT molecular complexity index is 85.0. The van der Waals surface area contributed by atoms with Gasteiger partial charge in [0.15, 0.2) is 0 Å². The lowest BCUT2D eigenvalue weighted by molar-refractivity contribution is 1.37. The maximum absolute atomic E-state index is 3.70. The van der Waals surface area contributed by atoms with Gasteiger partial charge in [-0.1, -0.05) is 0 Å². The fraction of sp³-hybridized carbons (Fsp3) is 0. The molecule has 0 N–H and O–H groups in total. The first kappa shape index (κ1) is 3.87. The number of hydrogen-bond acceptors (Lipinski definition) is 2. The van der Waals surface area contributed by atoms with Crippen LogP contribution in [0, 0.1) is 6.26 Å². The minimum Gasteiger partial charge on any atom is -0.153 e. The predicted molar refractivity (Wildman–Crippen MR) is 28.3 cm³/mol. The van der Waals surface area contributed by atoms with E-state index in [0.717, 1.165) is 0 Å². The quantitative estimate of drug-likeness (QED) is 0.448. The van der Waals surface area contributed by atoms with Crippen LogP contribution in [-0.4, -0.2) is 0 Å². The molecule has 3 heteroatoms. The molecule has 0 amide bonds. The molecule has 0 bridgehead atoms. The van der Waals surface area contributed by atoms with Crippen molar-refractivity contribution in [2.75, 3.05) is 0 Å². The van der Waals surface area contributed by atoms with Crippen LogP contribution in [0.3, 0.4) is 0 Å². The van der Waals surface area contributed by atoms with Crippen LogP contribution in [0.2, 0.25) is 0 Å². The van der Waals surface area contributed by atoms with Crippen molar-refractivity contribution in [2.45, 2.75) is 0 Å². The molecule has 1 radical (unpaired) electrons. The Morgan fingerprint density at radius 1 is 1.67 bits per heavy atom. The molecular formula is C3H5N2S. The average molecular weight is 101 g/mol. The third-order valence-electron chi connectivity index (χ3n) is 0.472. The van der Waals surface area contributed by atoms with E-state index in [0.29, 0.717) is 0 Å². The van der Waals surface area contributed by atoms with Crippen LogP contribution in [0.15, 0.2) is 21.2 Å². The maximum atomic E-state index is 3.70. The van der Waals surface area contributed by atoms with Gasteiger partial charge in [0.25, 0.3) is 0 Å². The van der Waals surface area contributed by atoms with Gasteiger partial charge in [-0.15, -0.1) is 15.6 Å². The van der Waals surface area contributed by atoms with Crippen LogP contribution < -0.4 is 0 Å². The zero-order chi connectivity index (χ0) is 4.41. The van der Waals surface area contributed by atoms with Crippen molar-refractivity contribution in [1.29, 1.82) is 0 Å². The minimum atomic E-state index is -0.437. The van der Waals surface area contributed by atoms with Crippen molar-refractivity contribution in [3.63, 3.8) is 0 Å². The second-order valence-electron chi connectivity index (χ2n) is 0.943. The molecular weight excluding hydrogens is 96.1 g/mol. The summed E-state index contributed by atoms with van der Waals surface area (Å²) < 4.78 is 3.70. The molecule has 1 aliphatic rings. The van der Waals surface area contributed by atoms with Gasteiger partial charge in [-0.2, -0.15) is 5.11 Å². The Morgan fingerprint density at radius 2 is 2.50 bits per heavy atom. The van der Waals surface area contributed by atoms with Gasteiger partial charge in [-0.05, 0) is 5.41 Å². The van der Waals surface area contributed by atoms with E-state index in [-0.39, 0.29) is 0 Å². The van der Waals surface area contributed by atoms with Crippen LogP contribution in [0.25, 0.3) is 0 Å². The van der Waals surface area contributed by atoms with Crippen molar-refractivity contribution in [1.82, 2.24) is 0 Å². The van der Waals surface area contributed by atoms with Crippen molar-refractivity contribution in [3.8, 4) is 0 Å². The summed E-state index contributed by atoms with van der Waals surface area (Å²) in [6.45, 7) is 0. The Kier molecular flexibility index (Phi) is 0.919. The molecule has 0 aliphatic carbocycles. The second-order valence-corrected chi connectivity index (χ2v) is 2.30. The normalized spacial score (nSPS) is 35.2. The lowest BCUT2D eigenvalue weighted by Crippen LogP contribution is -1.43. The molecule has 0 saturated carbocycles. The van der Waals surface area contributed by atoms with Gasteiger partial charge in [-0.3, -0.25) is 0 Å². The molecule has 33 valence electrons. The van der Waals surface area contributed by atoms with Gasteiger partial charge in [-0.25, -0.2) is 0 Å². The summed E-state index contributed by atoms with van der Waals surface area (Å²) in [6, 6.07) is 0. The topological polar surface area (TPSA) is 24.7 Å². The van der Waals surface area contributed by atoms with E-state index in [2.05, 4.69) is 15.9 Å². The lowest BCUT2D eigenvalue weighted by atomic mass is 11.1. The van der Waals surface area contributed by atoms with Gasteiger partial charge in [0.05, 0.1) is 6.20 Å². The molecule has 1 aliphatic heterocycles. The summed E-state index contributed by atoms with van der Waals surface area (Å²) in [4.78, 5) is 0. The second kappa shape index (κ2) is 1.43.